The standard InChI is InChI=1S/C21H20N4O3/c1-24(2)19-17(4-3-9-22-19)20(26)23-16-5-6-18-14(12-16)7-10-25(18)21(27)15-8-11-28-13-15/h3-6,8-9,11-13H,7,10H2,1-2H3,(H,23,26). The molecule has 0 fully saturated rings. The Morgan fingerprint density at radius 3 is 2.82 bits per heavy atom. The van der Waals surface area contributed by atoms with Crippen molar-refractivity contribution in [3.8, 4) is 0 Å². The molecule has 0 atom stereocenters. The van der Waals surface area contributed by atoms with E-state index in [0.717, 1.165) is 17.7 Å². The highest BCUT2D eigenvalue weighted by Gasteiger charge is 2.26. The number of carbonyl (C=O) groups excluding carboxylic acids is 2. The summed E-state index contributed by atoms with van der Waals surface area (Å²) in [6, 6.07) is 10.7. The summed E-state index contributed by atoms with van der Waals surface area (Å²) in [5, 5.41) is 2.93. The highest BCUT2D eigenvalue weighted by molar-refractivity contribution is 6.09. The van der Waals surface area contributed by atoms with Crippen molar-refractivity contribution in [2.24, 2.45) is 0 Å². The Hall–Kier alpha value is -3.61. The van der Waals surface area contributed by atoms with Gasteiger partial charge >= 0.3 is 0 Å². The third-order valence-electron chi connectivity index (χ3n) is 4.70. The quantitative estimate of drug-likeness (QED) is 0.757. The molecule has 7 heteroatoms. The van der Waals surface area contributed by atoms with Crippen LogP contribution in [0.25, 0.3) is 0 Å². The van der Waals surface area contributed by atoms with E-state index in [1.807, 2.05) is 32.3 Å². The predicted molar refractivity (Wildman–Crippen MR) is 107 cm³/mol. The molecule has 0 radical (unpaired) electrons. The number of rotatable bonds is 4. The van der Waals surface area contributed by atoms with Crippen molar-refractivity contribution in [2.75, 3.05) is 35.8 Å². The van der Waals surface area contributed by atoms with Gasteiger partial charge in [0.25, 0.3) is 11.8 Å². The van der Waals surface area contributed by atoms with Crippen LogP contribution in [0.5, 0.6) is 0 Å². The maximum Gasteiger partial charge on any atom is 0.261 e. The van der Waals surface area contributed by atoms with Gasteiger partial charge in [-0.3, -0.25) is 9.59 Å². The summed E-state index contributed by atoms with van der Waals surface area (Å²) in [5.41, 5.74) is 3.60. The van der Waals surface area contributed by atoms with Crippen LogP contribution in [0.1, 0.15) is 26.3 Å². The van der Waals surface area contributed by atoms with E-state index in [1.54, 1.807) is 34.2 Å². The van der Waals surface area contributed by atoms with Crippen LogP contribution in [-0.4, -0.2) is 37.4 Å². The van der Waals surface area contributed by atoms with E-state index in [0.29, 0.717) is 29.2 Å². The number of amides is 2. The summed E-state index contributed by atoms with van der Waals surface area (Å²) in [5.74, 6) is 0.300. The Morgan fingerprint density at radius 2 is 2.07 bits per heavy atom. The van der Waals surface area contributed by atoms with Crippen LogP contribution in [-0.2, 0) is 6.42 Å². The number of nitrogens with one attached hydrogen (secondary N) is 1. The van der Waals surface area contributed by atoms with Crippen molar-refractivity contribution < 1.29 is 14.0 Å². The second-order valence-corrected chi connectivity index (χ2v) is 6.79. The number of fused-ring (bicyclic) bond motifs is 1. The van der Waals surface area contributed by atoms with Gasteiger partial charge in [-0.1, -0.05) is 0 Å². The van der Waals surface area contributed by atoms with Crippen LogP contribution in [0, 0.1) is 0 Å². The van der Waals surface area contributed by atoms with E-state index in [1.165, 1.54) is 12.5 Å². The van der Waals surface area contributed by atoms with Gasteiger partial charge < -0.3 is 19.5 Å². The SMILES string of the molecule is CN(C)c1ncccc1C(=O)Nc1ccc2c(c1)CCN2C(=O)c1ccoc1. The lowest BCUT2D eigenvalue weighted by Crippen LogP contribution is -2.28. The molecule has 2 amide bonds. The number of furan rings is 1. The van der Waals surface area contributed by atoms with Gasteiger partial charge in [0, 0.05) is 38.2 Å². The largest absolute Gasteiger partial charge is 0.472 e. The van der Waals surface area contributed by atoms with Crippen molar-refractivity contribution in [3.63, 3.8) is 0 Å². The Morgan fingerprint density at radius 1 is 1.21 bits per heavy atom. The number of aromatic nitrogens is 1. The number of hydrogen-bond donors (Lipinski definition) is 1. The zero-order chi connectivity index (χ0) is 19.7. The first-order chi connectivity index (χ1) is 13.5. The fourth-order valence-corrected chi connectivity index (χ4v) is 3.36. The van der Waals surface area contributed by atoms with E-state index in [9.17, 15) is 9.59 Å². The Kier molecular flexibility index (Phi) is 4.57. The summed E-state index contributed by atoms with van der Waals surface area (Å²) in [6.45, 7) is 0.601. The first-order valence-corrected chi connectivity index (χ1v) is 8.95. The van der Waals surface area contributed by atoms with Gasteiger partial charge in [0.05, 0.1) is 17.4 Å². The maximum absolute atomic E-state index is 12.7. The second-order valence-electron chi connectivity index (χ2n) is 6.79. The molecule has 1 aromatic carbocycles. The molecule has 0 saturated heterocycles. The van der Waals surface area contributed by atoms with Crippen LogP contribution < -0.4 is 15.1 Å². The topological polar surface area (TPSA) is 78.7 Å². The minimum atomic E-state index is -0.221. The van der Waals surface area contributed by atoms with E-state index < -0.39 is 0 Å². The molecule has 3 aromatic rings. The third-order valence-corrected chi connectivity index (χ3v) is 4.70. The number of anilines is 3. The lowest BCUT2D eigenvalue weighted by molar-refractivity contribution is 0.0987. The first kappa shape index (κ1) is 17.8. The van der Waals surface area contributed by atoms with Crippen molar-refractivity contribution in [1.82, 2.24) is 4.98 Å². The normalized spacial score (nSPS) is 12.6. The number of pyridine rings is 1. The highest BCUT2D eigenvalue weighted by Crippen LogP contribution is 2.32. The molecular formula is C21H20N4O3. The lowest BCUT2D eigenvalue weighted by atomic mass is 10.1. The number of hydrogen-bond acceptors (Lipinski definition) is 5. The minimum absolute atomic E-state index is 0.0877. The molecule has 0 bridgehead atoms. The van der Waals surface area contributed by atoms with Gasteiger partial charge in [-0.15, -0.1) is 0 Å². The van der Waals surface area contributed by atoms with E-state index in [2.05, 4.69) is 10.3 Å². The minimum Gasteiger partial charge on any atom is -0.472 e. The zero-order valence-corrected chi connectivity index (χ0v) is 15.7. The fourth-order valence-electron chi connectivity index (χ4n) is 3.36. The number of nitrogens with zero attached hydrogens (tertiary/aromatic N) is 3. The van der Waals surface area contributed by atoms with Gasteiger partial charge in [-0.2, -0.15) is 0 Å². The van der Waals surface area contributed by atoms with Crippen molar-refractivity contribution >= 4 is 29.0 Å². The average Bonchev–Trinajstić information content (AvgIpc) is 3.37. The smallest absolute Gasteiger partial charge is 0.261 e. The molecular weight excluding hydrogens is 356 g/mol. The van der Waals surface area contributed by atoms with E-state index >= 15 is 0 Å². The maximum atomic E-state index is 12.7. The molecule has 7 nitrogen and oxygen atoms in total. The molecule has 28 heavy (non-hydrogen) atoms. The molecule has 142 valence electrons. The average molecular weight is 376 g/mol. The van der Waals surface area contributed by atoms with Gasteiger partial charge in [0.2, 0.25) is 0 Å². The van der Waals surface area contributed by atoms with Crippen molar-refractivity contribution in [3.05, 3.63) is 71.8 Å². The molecule has 2 aromatic heterocycles. The molecule has 0 aliphatic carbocycles. The van der Waals surface area contributed by atoms with E-state index in [4.69, 9.17) is 4.42 Å². The van der Waals surface area contributed by atoms with Gasteiger partial charge in [-0.05, 0) is 48.4 Å². The van der Waals surface area contributed by atoms with Crippen LogP contribution in [0.3, 0.4) is 0 Å². The fraction of sp³-hybridized carbons (Fsp3) is 0.190. The predicted octanol–water partition coefficient (Wildman–Crippen LogP) is 3.20. The highest BCUT2D eigenvalue weighted by atomic mass is 16.3. The van der Waals surface area contributed by atoms with Gasteiger partial charge in [0.1, 0.15) is 12.1 Å². The summed E-state index contributed by atoms with van der Waals surface area (Å²) in [4.78, 5) is 33.1. The molecule has 1 N–H and O–H groups in total. The molecule has 4 rings (SSSR count). The Labute approximate surface area is 162 Å². The zero-order valence-electron chi connectivity index (χ0n) is 15.7. The Bertz CT molecular complexity index is 1030. The van der Waals surface area contributed by atoms with Gasteiger partial charge in [-0.25, -0.2) is 4.98 Å². The summed E-state index contributed by atoms with van der Waals surface area (Å²) in [6.07, 6.45) is 5.33. The molecule has 3 heterocycles. The van der Waals surface area contributed by atoms with Crippen LogP contribution >= 0.6 is 0 Å². The third kappa shape index (κ3) is 3.22. The molecule has 1 aliphatic rings. The van der Waals surface area contributed by atoms with Crippen molar-refractivity contribution in [2.45, 2.75) is 6.42 Å². The molecule has 0 saturated carbocycles. The second kappa shape index (κ2) is 7.19. The Balaban J connectivity index is 1.54. The molecule has 0 unspecified atom stereocenters. The summed E-state index contributed by atoms with van der Waals surface area (Å²) in [7, 11) is 3.69. The number of benzene rings is 1. The lowest BCUT2D eigenvalue weighted by Gasteiger charge is -2.17. The first-order valence-electron chi connectivity index (χ1n) is 8.95. The van der Waals surface area contributed by atoms with Crippen LogP contribution in [0.4, 0.5) is 17.2 Å². The van der Waals surface area contributed by atoms with Crippen molar-refractivity contribution in [1.29, 1.82) is 0 Å². The number of carbonyl (C=O) groups is 2. The van der Waals surface area contributed by atoms with Gasteiger partial charge in [0.15, 0.2) is 0 Å². The molecule has 0 spiro atoms. The monoisotopic (exact) mass is 376 g/mol. The summed E-state index contributed by atoms with van der Waals surface area (Å²) < 4.78 is 5.01. The molecule has 1 aliphatic heterocycles. The van der Waals surface area contributed by atoms with Crippen LogP contribution in [0.2, 0.25) is 0 Å². The van der Waals surface area contributed by atoms with E-state index in [-0.39, 0.29) is 11.8 Å². The van der Waals surface area contributed by atoms with Crippen LogP contribution in [0.15, 0.2) is 59.5 Å². The summed E-state index contributed by atoms with van der Waals surface area (Å²) >= 11 is 0.